The zero-order valence-corrected chi connectivity index (χ0v) is 12.0. The predicted molar refractivity (Wildman–Crippen MR) is 84.1 cm³/mol. The Morgan fingerprint density at radius 3 is 2.35 bits per heavy atom. The van der Waals surface area contributed by atoms with E-state index in [-0.39, 0.29) is 5.91 Å². The molecular weight excluding hydrogens is 248 g/mol. The van der Waals surface area contributed by atoms with Crippen LogP contribution in [0.25, 0.3) is 0 Å². The SMILES string of the molecule is CCN(C(=O)CNc1ccccc1C)c1ccccc1. The number of hydrogen-bond donors (Lipinski definition) is 1. The maximum Gasteiger partial charge on any atom is 0.246 e. The molecule has 0 saturated carbocycles. The molecule has 0 aliphatic carbocycles. The number of amides is 1. The van der Waals surface area contributed by atoms with Crippen LogP contribution >= 0.6 is 0 Å². The Bertz CT molecular complexity index is 566. The second kappa shape index (κ2) is 6.75. The van der Waals surface area contributed by atoms with Crippen LogP contribution < -0.4 is 10.2 Å². The van der Waals surface area contributed by atoms with Crippen molar-refractivity contribution >= 4 is 17.3 Å². The number of aryl methyl sites for hydroxylation is 1. The molecule has 20 heavy (non-hydrogen) atoms. The van der Waals surface area contributed by atoms with Crippen LogP contribution in [-0.2, 0) is 4.79 Å². The zero-order chi connectivity index (χ0) is 14.4. The van der Waals surface area contributed by atoms with Gasteiger partial charge in [-0.15, -0.1) is 0 Å². The van der Waals surface area contributed by atoms with E-state index in [2.05, 4.69) is 5.32 Å². The summed E-state index contributed by atoms with van der Waals surface area (Å²) >= 11 is 0. The van der Waals surface area contributed by atoms with E-state index in [1.807, 2.05) is 68.4 Å². The van der Waals surface area contributed by atoms with Crippen molar-refractivity contribution in [1.82, 2.24) is 0 Å². The lowest BCUT2D eigenvalue weighted by Crippen LogP contribution is -2.35. The number of nitrogens with zero attached hydrogens (tertiary/aromatic N) is 1. The molecule has 2 aromatic rings. The lowest BCUT2D eigenvalue weighted by atomic mass is 10.2. The average molecular weight is 268 g/mol. The first kappa shape index (κ1) is 14.1. The molecule has 0 spiro atoms. The molecule has 0 atom stereocenters. The number of carbonyl (C=O) groups excluding carboxylic acids is 1. The minimum absolute atomic E-state index is 0.0713. The second-order valence-electron chi connectivity index (χ2n) is 4.64. The molecule has 2 rings (SSSR count). The van der Waals surface area contributed by atoms with Crippen LogP contribution in [0, 0.1) is 6.92 Å². The van der Waals surface area contributed by atoms with Crippen molar-refractivity contribution in [2.45, 2.75) is 13.8 Å². The summed E-state index contributed by atoms with van der Waals surface area (Å²) in [4.78, 5) is 14.1. The van der Waals surface area contributed by atoms with Crippen molar-refractivity contribution in [2.24, 2.45) is 0 Å². The molecule has 1 amide bonds. The van der Waals surface area contributed by atoms with Crippen molar-refractivity contribution in [3.05, 3.63) is 60.2 Å². The van der Waals surface area contributed by atoms with E-state index < -0.39 is 0 Å². The Kier molecular flexibility index (Phi) is 4.77. The highest BCUT2D eigenvalue weighted by molar-refractivity contribution is 5.96. The molecule has 0 aliphatic rings. The number of rotatable bonds is 5. The standard InChI is InChI=1S/C17H20N2O/c1-3-19(15-10-5-4-6-11-15)17(20)13-18-16-12-8-7-9-14(16)2/h4-12,18H,3,13H2,1-2H3. The fourth-order valence-electron chi connectivity index (χ4n) is 2.15. The highest BCUT2D eigenvalue weighted by Gasteiger charge is 2.13. The fourth-order valence-corrected chi connectivity index (χ4v) is 2.15. The first-order chi connectivity index (χ1) is 9.72. The summed E-state index contributed by atoms with van der Waals surface area (Å²) in [5.74, 6) is 0.0713. The van der Waals surface area contributed by atoms with E-state index >= 15 is 0 Å². The topological polar surface area (TPSA) is 32.3 Å². The van der Waals surface area contributed by atoms with Crippen molar-refractivity contribution in [2.75, 3.05) is 23.3 Å². The summed E-state index contributed by atoms with van der Waals surface area (Å²) in [6.07, 6.45) is 0. The van der Waals surface area contributed by atoms with Gasteiger partial charge in [0, 0.05) is 17.9 Å². The van der Waals surface area contributed by atoms with Gasteiger partial charge in [-0.2, -0.15) is 0 Å². The third-order valence-corrected chi connectivity index (χ3v) is 3.26. The van der Waals surface area contributed by atoms with Crippen molar-refractivity contribution in [1.29, 1.82) is 0 Å². The summed E-state index contributed by atoms with van der Waals surface area (Å²) in [6.45, 7) is 4.98. The van der Waals surface area contributed by atoms with Gasteiger partial charge in [0.1, 0.15) is 0 Å². The molecule has 0 bridgehead atoms. The zero-order valence-electron chi connectivity index (χ0n) is 12.0. The Hall–Kier alpha value is -2.29. The summed E-state index contributed by atoms with van der Waals surface area (Å²) < 4.78 is 0. The van der Waals surface area contributed by atoms with Crippen LogP contribution in [0.5, 0.6) is 0 Å². The van der Waals surface area contributed by atoms with Gasteiger partial charge in [0.15, 0.2) is 0 Å². The van der Waals surface area contributed by atoms with Crippen LogP contribution in [0.1, 0.15) is 12.5 Å². The monoisotopic (exact) mass is 268 g/mol. The molecule has 3 heteroatoms. The molecule has 0 fully saturated rings. The lowest BCUT2D eigenvalue weighted by Gasteiger charge is -2.21. The average Bonchev–Trinajstić information content (AvgIpc) is 2.48. The van der Waals surface area contributed by atoms with Gasteiger partial charge in [-0.25, -0.2) is 0 Å². The maximum atomic E-state index is 12.3. The van der Waals surface area contributed by atoms with Crippen LogP contribution in [-0.4, -0.2) is 19.0 Å². The second-order valence-corrected chi connectivity index (χ2v) is 4.64. The summed E-state index contributed by atoms with van der Waals surface area (Å²) in [7, 11) is 0. The molecular formula is C17H20N2O. The fraction of sp³-hybridized carbons (Fsp3) is 0.235. The van der Waals surface area contributed by atoms with Gasteiger partial charge in [-0.05, 0) is 37.6 Å². The summed E-state index contributed by atoms with van der Waals surface area (Å²) in [5.41, 5.74) is 3.08. The first-order valence-corrected chi connectivity index (χ1v) is 6.87. The van der Waals surface area contributed by atoms with Gasteiger partial charge in [0.2, 0.25) is 5.91 Å². The molecule has 0 aliphatic heterocycles. The van der Waals surface area contributed by atoms with Gasteiger partial charge < -0.3 is 10.2 Å². The number of anilines is 2. The van der Waals surface area contributed by atoms with Crippen molar-refractivity contribution in [3.8, 4) is 0 Å². The smallest absolute Gasteiger partial charge is 0.246 e. The minimum atomic E-state index is 0.0713. The van der Waals surface area contributed by atoms with E-state index in [9.17, 15) is 4.79 Å². The quantitative estimate of drug-likeness (QED) is 0.900. The van der Waals surface area contributed by atoms with E-state index in [1.165, 1.54) is 0 Å². The summed E-state index contributed by atoms with van der Waals surface area (Å²) in [5, 5.41) is 3.21. The van der Waals surface area contributed by atoms with Crippen molar-refractivity contribution in [3.63, 3.8) is 0 Å². The maximum absolute atomic E-state index is 12.3. The van der Waals surface area contributed by atoms with Gasteiger partial charge in [-0.3, -0.25) is 4.79 Å². The number of para-hydroxylation sites is 2. The van der Waals surface area contributed by atoms with E-state index in [4.69, 9.17) is 0 Å². The molecule has 0 aromatic heterocycles. The van der Waals surface area contributed by atoms with Crippen LogP contribution in [0.2, 0.25) is 0 Å². The molecule has 0 heterocycles. The highest BCUT2D eigenvalue weighted by atomic mass is 16.2. The number of likely N-dealkylation sites (N-methyl/N-ethyl adjacent to an activating group) is 1. The minimum Gasteiger partial charge on any atom is -0.376 e. The highest BCUT2D eigenvalue weighted by Crippen LogP contribution is 2.15. The Balaban J connectivity index is 2.02. The van der Waals surface area contributed by atoms with E-state index in [0.717, 1.165) is 16.9 Å². The van der Waals surface area contributed by atoms with E-state index in [0.29, 0.717) is 13.1 Å². The summed E-state index contributed by atoms with van der Waals surface area (Å²) in [6, 6.07) is 17.7. The number of carbonyl (C=O) groups is 1. The van der Waals surface area contributed by atoms with Gasteiger partial charge >= 0.3 is 0 Å². The third kappa shape index (κ3) is 3.38. The van der Waals surface area contributed by atoms with Crippen molar-refractivity contribution < 1.29 is 4.79 Å². The molecule has 0 unspecified atom stereocenters. The molecule has 0 radical (unpaired) electrons. The Morgan fingerprint density at radius 2 is 1.70 bits per heavy atom. The first-order valence-electron chi connectivity index (χ1n) is 6.87. The van der Waals surface area contributed by atoms with Crippen LogP contribution in [0.15, 0.2) is 54.6 Å². The molecule has 104 valence electrons. The Morgan fingerprint density at radius 1 is 1.05 bits per heavy atom. The molecule has 2 aromatic carbocycles. The van der Waals surface area contributed by atoms with E-state index in [1.54, 1.807) is 4.90 Å². The lowest BCUT2D eigenvalue weighted by molar-refractivity contribution is -0.116. The van der Waals surface area contributed by atoms with Gasteiger partial charge in [0.05, 0.1) is 6.54 Å². The number of hydrogen-bond acceptors (Lipinski definition) is 2. The normalized spacial score (nSPS) is 10.1. The Labute approximate surface area is 120 Å². The van der Waals surface area contributed by atoms with Gasteiger partial charge in [-0.1, -0.05) is 36.4 Å². The van der Waals surface area contributed by atoms with Crippen LogP contribution in [0.4, 0.5) is 11.4 Å². The number of benzene rings is 2. The predicted octanol–water partition coefficient (Wildman–Crippen LogP) is 3.46. The number of nitrogens with one attached hydrogen (secondary N) is 1. The molecule has 1 N–H and O–H groups in total. The van der Waals surface area contributed by atoms with Crippen LogP contribution in [0.3, 0.4) is 0 Å². The third-order valence-electron chi connectivity index (χ3n) is 3.26. The molecule has 3 nitrogen and oxygen atoms in total. The molecule has 0 saturated heterocycles. The van der Waals surface area contributed by atoms with Gasteiger partial charge in [0.25, 0.3) is 0 Å². The largest absolute Gasteiger partial charge is 0.376 e.